The van der Waals surface area contributed by atoms with Gasteiger partial charge in [-0.25, -0.2) is 0 Å². The van der Waals surface area contributed by atoms with Crippen LogP contribution >= 0.6 is 0 Å². The molecule has 0 unspecified atom stereocenters. The Morgan fingerprint density at radius 1 is 1.18 bits per heavy atom. The Hall–Kier alpha value is -0.460. The Morgan fingerprint density at radius 3 is 2.64 bits per heavy atom. The van der Waals surface area contributed by atoms with Gasteiger partial charge < -0.3 is 24.8 Å². The molecule has 1 aliphatic rings. The monoisotopic (exact) mass is 316 g/mol. The molecule has 5 nitrogen and oxygen atoms in total. The normalized spacial score (nSPS) is 26.8. The molecule has 0 radical (unpaired) electrons. The fourth-order valence-corrected chi connectivity index (χ4v) is 2.62. The van der Waals surface area contributed by atoms with Crippen LogP contribution in [0.5, 0.6) is 0 Å². The van der Waals surface area contributed by atoms with Crippen molar-refractivity contribution in [2.75, 3.05) is 19.8 Å². The van der Waals surface area contributed by atoms with Gasteiger partial charge in [0.2, 0.25) is 0 Å². The minimum Gasteiger partial charge on any atom is -0.394 e. The number of ether oxygens (including phenoxy) is 2. The molecule has 1 aliphatic heterocycles. The fraction of sp³-hybridized carbons (Fsp3) is 0.882. The molecule has 1 saturated heterocycles. The van der Waals surface area contributed by atoms with Crippen LogP contribution in [0, 0.1) is 0 Å². The molecule has 130 valence electrons. The predicted octanol–water partition coefficient (Wildman–Crippen LogP) is 1.79. The molecule has 1 fully saturated rings. The second-order valence-electron chi connectivity index (χ2n) is 5.88. The average molecular weight is 316 g/mol. The molecule has 0 aromatic rings. The van der Waals surface area contributed by atoms with E-state index in [1.807, 2.05) is 0 Å². The van der Waals surface area contributed by atoms with E-state index in [4.69, 9.17) is 14.6 Å². The summed E-state index contributed by atoms with van der Waals surface area (Å²) in [6, 6.07) is 0. The van der Waals surface area contributed by atoms with Gasteiger partial charge in [-0.15, -0.1) is 0 Å². The number of aliphatic hydroxyl groups excluding tert-OH is 3. The minimum absolute atomic E-state index is 0.270. The van der Waals surface area contributed by atoms with Crippen LogP contribution < -0.4 is 0 Å². The van der Waals surface area contributed by atoms with E-state index >= 15 is 0 Å². The maximum absolute atomic E-state index is 9.97. The molecule has 1 heterocycles. The maximum atomic E-state index is 9.97. The molecule has 1 rings (SSSR count). The zero-order valence-electron chi connectivity index (χ0n) is 13.7. The van der Waals surface area contributed by atoms with Gasteiger partial charge in [-0.3, -0.25) is 0 Å². The van der Waals surface area contributed by atoms with Crippen molar-refractivity contribution in [3.63, 3.8) is 0 Å². The van der Waals surface area contributed by atoms with E-state index in [1.165, 1.54) is 25.7 Å². The zero-order valence-corrected chi connectivity index (χ0v) is 13.7. The van der Waals surface area contributed by atoms with E-state index in [2.05, 4.69) is 19.1 Å². The topological polar surface area (TPSA) is 79.2 Å². The average Bonchev–Trinajstić information content (AvgIpc) is 2.89. The number of rotatable bonds is 12. The standard InChI is InChI=1S/C17H32O5/c1-2-3-4-5-6-7-8-9-10-11-21-15-13-22-17(16(15)20)14(19)12-18/h3-4,14-20H,2,5-13H2,1H3/b4-3+/t14-,15+,16+,17+/m0/s1. The number of aliphatic hydroxyl groups is 3. The van der Waals surface area contributed by atoms with Gasteiger partial charge in [0.15, 0.2) is 0 Å². The van der Waals surface area contributed by atoms with Crippen molar-refractivity contribution in [1.82, 2.24) is 0 Å². The molecule has 3 N–H and O–H groups in total. The summed E-state index contributed by atoms with van der Waals surface area (Å²) >= 11 is 0. The number of unbranched alkanes of at least 4 members (excludes halogenated alkanes) is 5. The van der Waals surface area contributed by atoms with Crippen molar-refractivity contribution < 1.29 is 24.8 Å². The molecule has 0 spiro atoms. The first-order valence-corrected chi connectivity index (χ1v) is 8.55. The van der Waals surface area contributed by atoms with Crippen LogP contribution in [0.2, 0.25) is 0 Å². The van der Waals surface area contributed by atoms with Crippen molar-refractivity contribution in [2.24, 2.45) is 0 Å². The Bertz CT molecular complexity index is 295. The van der Waals surface area contributed by atoms with Crippen LogP contribution in [0.25, 0.3) is 0 Å². The predicted molar refractivity (Wildman–Crippen MR) is 85.7 cm³/mol. The lowest BCUT2D eigenvalue weighted by Crippen LogP contribution is -2.41. The van der Waals surface area contributed by atoms with E-state index < -0.39 is 31.0 Å². The zero-order chi connectivity index (χ0) is 16.2. The van der Waals surface area contributed by atoms with Crippen LogP contribution in [0.1, 0.15) is 51.9 Å². The molecule has 0 aromatic carbocycles. The van der Waals surface area contributed by atoms with Crippen LogP contribution in [0.3, 0.4) is 0 Å². The maximum Gasteiger partial charge on any atom is 0.114 e. The SMILES string of the molecule is CC/C=C/CCCCCCCO[C@@H]1CO[C@H]([C@@H](O)CO)[C@@H]1O. The van der Waals surface area contributed by atoms with Gasteiger partial charge in [0.1, 0.15) is 24.4 Å². The smallest absolute Gasteiger partial charge is 0.114 e. The lowest BCUT2D eigenvalue weighted by molar-refractivity contribution is -0.0730. The number of hydrogen-bond donors (Lipinski definition) is 3. The summed E-state index contributed by atoms with van der Waals surface area (Å²) in [5.74, 6) is 0. The first-order chi connectivity index (χ1) is 10.7. The molecule has 4 atom stereocenters. The number of hydrogen-bond acceptors (Lipinski definition) is 5. The highest BCUT2D eigenvalue weighted by Crippen LogP contribution is 2.20. The molecule has 0 saturated carbocycles. The Morgan fingerprint density at radius 2 is 1.91 bits per heavy atom. The summed E-state index contributed by atoms with van der Waals surface area (Å²) in [6.07, 6.45) is 9.49. The Kier molecular flexibility index (Phi) is 10.7. The van der Waals surface area contributed by atoms with Crippen molar-refractivity contribution >= 4 is 0 Å². The van der Waals surface area contributed by atoms with Crippen molar-refractivity contribution in [2.45, 2.75) is 76.3 Å². The van der Waals surface area contributed by atoms with Crippen LogP contribution in [0.4, 0.5) is 0 Å². The van der Waals surface area contributed by atoms with Crippen LogP contribution in [0.15, 0.2) is 12.2 Å². The highest BCUT2D eigenvalue weighted by Gasteiger charge is 2.40. The number of allylic oxidation sites excluding steroid dienone is 2. The van der Waals surface area contributed by atoms with Gasteiger partial charge in [0.25, 0.3) is 0 Å². The van der Waals surface area contributed by atoms with E-state index in [0.29, 0.717) is 6.61 Å². The molecule has 0 amide bonds. The molecule has 0 bridgehead atoms. The summed E-state index contributed by atoms with van der Waals surface area (Å²) in [4.78, 5) is 0. The van der Waals surface area contributed by atoms with Gasteiger partial charge in [0, 0.05) is 6.61 Å². The second kappa shape index (κ2) is 12.0. The van der Waals surface area contributed by atoms with Gasteiger partial charge in [0.05, 0.1) is 13.2 Å². The van der Waals surface area contributed by atoms with Gasteiger partial charge >= 0.3 is 0 Å². The van der Waals surface area contributed by atoms with Gasteiger partial charge in [-0.05, 0) is 25.7 Å². The van der Waals surface area contributed by atoms with Gasteiger partial charge in [-0.2, -0.15) is 0 Å². The van der Waals surface area contributed by atoms with E-state index in [-0.39, 0.29) is 6.61 Å². The largest absolute Gasteiger partial charge is 0.394 e. The van der Waals surface area contributed by atoms with E-state index in [9.17, 15) is 10.2 Å². The third kappa shape index (κ3) is 7.20. The highest BCUT2D eigenvalue weighted by molar-refractivity contribution is 4.88. The van der Waals surface area contributed by atoms with E-state index in [1.54, 1.807) is 0 Å². The minimum atomic E-state index is -1.05. The molecule has 22 heavy (non-hydrogen) atoms. The Balaban J connectivity index is 1.98. The van der Waals surface area contributed by atoms with Crippen molar-refractivity contribution in [1.29, 1.82) is 0 Å². The molecular formula is C17H32O5. The van der Waals surface area contributed by atoms with Crippen molar-refractivity contribution in [3.8, 4) is 0 Å². The summed E-state index contributed by atoms with van der Waals surface area (Å²) in [6.45, 7) is 2.60. The third-order valence-corrected chi connectivity index (χ3v) is 3.99. The quantitative estimate of drug-likeness (QED) is 0.378. The summed E-state index contributed by atoms with van der Waals surface area (Å²) in [5.41, 5.74) is 0. The first kappa shape index (κ1) is 19.6. The van der Waals surface area contributed by atoms with E-state index in [0.717, 1.165) is 19.3 Å². The Labute approximate surface area is 133 Å². The second-order valence-corrected chi connectivity index (χ2v) is 5.88. The summed E-state index contributed by atoms with van der Waals surface area (Å²) < 4.78 is 10.9. The summed E-state index contributed by atoms with van der Waals surface area (Å²) in [7, 11) is 0. The van der Waals surface area contributed by atoms with Crippen LogP contribution in [-0.2, 0) is 9.47 Å². The first-order valence-electron chi connectivity index (χ1n) is 8.55. The van der Waals surface area contributed by atoms with Crippen molar-refractivity contribution in [3.05, 3.63) is 12.2 Å². The third-order valence-electron chi connectivity index (χ3n) is 3.99. The molecular weight excluding hydrogens is 284 g/mol. The highest BCUT2D eigenvalue weighted by atomic mass is 16.6. The van der Waals surface area contributed by atoms with Crippen LogP contribution in [-0.4, -0.2) is 59.6 Å². The molecule has 5 heteroatoms. The van der Waals surface area contributed by atoms with Gasteiger partial charge in [-0.1, -0.05) is 38.3 Å². The lowest BCUT2D eigenvalue weighted by atomic mass is 10.1. The molecule has 0 aliphatic carbocycles. The lowest BCUT2D eigenvalue weighted by Gasteiger charge is -2.20. The summed E-state index contributed by atoms with van der Waals surface area (Å²) in [5, 5.41) is 28.3. The fourth-order valence-electron chi connectivity index (χ4n) is 2.62. The molecule has 0 aromatic heterocycles.